The number of benzene rings is 1. The van der Waals surface area contributed by atoms with Gasteiger partial charge in [-0.05, 0) is 18.6 Å². The van der Waals surface area contributed by atoms with Gasteiger partial charge in [0.25, 0.3) is 5.69 Å². The molecule has 0 aliphatic carbocycles. The monoisotopic (exact) mass is 276 g/mol. The van der Waals surface area contributed by atoms with E-state index in [1.54, 1.807) is 6.92 Å². The molecule has 1 rings (SSSR count). The number of nitrogens with one attached hydrogen (secondary N) is 1. The van der Waals surface area contributed by atoms with Crippen LogP contribution < -0.4 is 5.32 Å². The normalized spacial score (nSPS) is 11.2. The Balaban J connectivity index is 3.42. The molecule has 19 heavy (non-hydrogen) atoms. The van der Waals surface area contributed by atoms with Crippen LogP contribution >= 0.6 is 0 Å². The summed E-state index contributed by atoms with van der Waals surface area (Å²) in [5.41, 5.74) is -2.82. The Labute approximate surface area is 106 Å². The lowest BCUT2D eigenvalue weighted by atomic mass is 10.0. The van der Waals surface area contributed by atoms with Crippen LogP contribution in [0.3, 0.4) is 0 Å². The molecule has 0 saturated carbocycles. The minimum atomic E-state index is -4.86. The van der Waals surface area contributed by atoms with E-state index in [2.05, 4.69) is 5.32 Å². The standard InChI is InChI=1S/C11H11F3N2O3/c1-3-9(17)15-7-4-5-8(16(18)19)10(6(7)2)11(12,13)14/h4-5H,3H2,1-2H3,(H,15,17). The molecule has 1 aromatic rings. The van der Waals surface area contributed by atoms with Crippen molar-refractivity contribution in [2.75, 3.05) is 5.32 Å². The van der Waals surface area contributed by atoms with Gasteiger partial charge in [-0.15, -0.1) is 0 Å². The number of nitro groups is 1. The molecule has 0 saturated heterocycles. The van der Waals surface area contributed by atoms with Gasteiger partial charge in [-0.3, -0.25) is 14.9 Å². The molecular weight excluding hydrogens is 265 g/mol. The van der Waals surface area contributed by atoms with E-state index in [-0.39, 0.29) is 17.7 Å². The topological polar surface area (TPSA) is 72.2 Å². The minimum absolute atomic E-state index is 0.0789. The zero-order chi connectivity index (χ0) is 14.8. The molecule has 0 fully saturated rings. The maximum atomic E-state index is 12.9. The van der Waals surface area contributed by atoms with Crippen molar-refractivity contribution in [1.29, 1.82) is 0 Å². The molecule has 5 nitrogen and oxygen atoms in total. The minimum Gasteiger partial charge on any atom is -0.326 e. The fourth-order valence-corrected chi connectivity index (χ4v) is 1.58. The highest BCUT2D eigenvalue weighted by Gasteiger charge is 2.40. The van der Waals surface area contributed by atoms with Crippen LogP contribution in [-0.2, 0) is 11.0 Å². The van der Waals surface area contributed by atoms with E-state index < -0.39 is 28.3 Å². The van der Waals surface area contributed by atoms with Crippen molar-refractivity contribution in [2.45, 2.75) is 26.4 Å². The van der Waals surface area contributed by atoms with E-state index in [4.69, 9.17) is 0 Å². The Kier molecular flexibility index (Phi) is 4.13. The zero-order valence-corrected chi connectivity index (χ0v) is 10.2. The number of anilines is 1. The summed E-state index contributed by atoms with van der Waals surface area (Å²) in [6, 6.07) is 1.83. The summed E-state index contributed by atoms with van der Waals surface area (Å²) < 4.78 is 38.6. The number of nitro benzene ring substituents is 1. The number of halogens is 3. The number of alkyl halides is 3. The maximum absolute atomic E-state index is 12.9. The largest absolute Gasteiger partial charge is 0.423 e. The summed E-state index contributed by atoms with van der Waals surface area (Å²) in [4.78, 5) is 20.7. The van der Waals surface area contributed by atoms with Gasteiger partial charge in [0.1, 0.15) is 5.56 Å². The van der Waals surface area contributed by atoms with Gasteiger partial charge in [0.2, 0.25) is 5.91 Å². The fourth-order valence-electron chi connectivity index (χ4n) is 1.58. The van der Waals surface area contributed by atoms with Crippen molar-refractivity contribution in [3.8, 4) is 0 Å². The van der Waals surface area contributed by atoms with Crippen LogP contribution in [0.5, 0.6) is 0 Å². The van der Waals surface area contributed by atoms with Crippen LogP contribution in [0, 0.1) is 17.0 Å². The molecule has 0 aliphatic rings. The van der Waals surface area contributed by atoms with E-state index in [0.717, 1.165) is 19.1 Å². The highest BCUT2D eigenvalue weighted by Crippen LogP contribution is 2.40. The second-order valence-corrected chi connectivity index (χ2v) is 3.79. The summed E-state index contributed by atoms with van der Waals surface area (Å²) in [5, 5.41) is 12.9. The first-order chi connectivity index (χ1) is 8.68. The van der Waals surface area contributed by atoms with Crippen molar-refractivity contribution in [2.24, 2.45) is 0 Å². The molecular formula is C11H11F3N2O3. The molecule has 0 aliphatic heterocycles. The van der Waals surface area contributed by atoms with Gasteiger partial charge in [-0.2, -0.15) is 13.2 Å². The maximum Gasteiger partial charge on any atom is 0.423 e. The van der Waals surface area contributed by atoms with Gasteiger partial charge in [0.15, 0.2) is 0 Å². The molecule has 0 aromatic heterocycles. The number of amides is 1. The van der Waals surface area contributed by atoms with Gasteiger partial charge >= 0.3 is 6.18 Å². The lowest BCUT2D eigenvalue weighted by Gasteiger charge is -2.14. The van der Waals surface area contributed by atoms with Crippen LogP contribution in [0.4, 0.5) is 24.5 Å². The molecule has 0 spiro atoms. The molecule has 0 bridgehead atoms. The van der Waals surface area contributed by atoms with E-state index in [9.17, 15) is 28.1 Å². The molecule has 104 valence electrons. The summed E-state index contributed by atoms with van der Waals surface area (Å²) in [5.74, 6) is -0.468. The molecule has 0 radical (unpaired) electrons. The lowest BCUT2D eigenvalue weighted by Crippen LogP contribution is -2.16. The van der Waals surface area contributed by atoms with Crippen LogP contribution in [0.15, 0.2) is 12.1 Å². The van der Waals surface area contributed by atoms with E-state index in [0.29, 0.717) is 0 Å². The number of rotatable bonds is 3. The Morgan fingerprint density at radius 2 is 2.00 bits per heavy atom. The van der Waals surface area contributed by atoms with Gasteiger partial charge in [-0.1, -0.05) is 6.92 Å². The SMILES string of the molecule is CCC(=O)Nc1ccc([N+](=O)[O-])c(C(F)(F)F)c1C. The number of hydrogen-bond acceptors (Lipinski definition) is 3. The Hall–Kier alpha value is -2.12. The summed E-state index contributed by atoms with van der Waals surface area (Å²) in [7, 11) is 0. The van der Waals surface area contributed by atoms with Gasteiger partial charge < -0.3 is 5.32 Å². The quantitative estimate of drug-likeness (QED) is 0.680. The highest BCUT2D eigenvalue weighted by molar-refractivity contribution is 5.91. The van der Waals surface area contributed by atoms with Crippen molar-refractivity contribution in [3.05, 3.63) is 33.4 Å². The van der Waals surface area contributed by atoms with E-state index in [1.165, 1.54) is 0 Å². The first-order valence-electron chi connectivity index (χ1n) is 5.33. The molecule has 0 heterocycles. The number of nitrogens with zero attached hydrogens (tertiary/aromatic N) is 1. The second-order valence-electron chi connectivity index (χ2n) is 3.79. The smallest absolute Gasteiger partial charge is 0.326 e. The number of carbonyl (C=O) groups is 1. The first kappa shape index (κ1) is 14.9. The fraction of sp³-hybridized carbons (Fsp3) is 0.364. The van der Waals surface area contributed by atoms with Crippen molar-refractivity contribution >= 4 is 17.3 Å². The predicted molar refractivity (Wildman–Crippen MR) is 61.8 cm³/mol. The van der Waals surface area contributed by atoms with Crippen LogP contribution in [-0.4, -0.2) is 10.8 Å². The summed E-state index contributed by atoms with van der Waals surface area (Å²) in [6.07, 6.45) is -4.77. The van der Waals surface area contributed by atoms with Gasteiger partial charge in [-0.25, -0.2) is 0 Å². The molecule has 1 N–H and O–H groups in total. The Bertz CT molecular complexity index is 527. The average molecular weight is 276 g/mol. The van der Waals surface area contributed by atoms with Crippen molar-refractivity contribution in [1.82, 2.24) is 0 Å². The molecule has 0 unspecified atom stereocenters. The van der Waals surface area contributed by atoms with Crippen LogP contribution in [0.2, 0.25) is 0 Å². The van der Waals surface area contributed by atoms with Crippen LogP contribution in [0.25, 0.3) is 0 Å². The lowest BCUT2D eigenvalue weighted by molar-refractivity contribution is -0.388. The summed E-state index contributed by atoms with van der Waals surface area (Å²) in [6.45, 7) is 2.63. The zero-order valence-electron chi connectivity index (χ0n) is 10.2. The third-order valence-electron chi connectivity index (χ3n) is 2.52. The van der Waals surface area contributed by atoms with E-state index >= 15 is 0 Å². The van der Waals surface area contributed by atoms with Crippen molar-refractivity contribution in [3.63, 3.8) is 0 Å². The molecule has 1 aromatic carbocycles. The van der Waals surface area contributed by atoms with Gasteiger partial charge in [0, 0.05) is 18.2 Å². The summed E-state index contributed by atoms with van der Waals surface area (Å²) >= 11 is 0. The first-order valence-corrected chi connectivity index (χ1v) is 5.33. The molecule has 8 heteroatoms. The number of carbonyl (C=O) groups excluding carboxylic acids is 1. The third kappa shape index (κ3) is 3.21. The third-order valence-corrected chi connectivity index (χ3v) is 2.52. The number of hydrogen-bond donors (Lipinski definition) is 1. The molecule has 0 atom stereocenters. The average Bonchev–Trinajstić information content (AvgIpc) is 2.29. The Morgan fingerprint density at radius 3 is 2.42 bits per heavy atom. The van der Waals surface area contributed by atoms with Crippen LogP contribution in [0.1, 0.15) is 24.5 Å². The predicted octanol–water partition coefficient (Wildman–Crippen LogP) is 3.27. The van der Waals surface area contributed by atoms with E-state index in [1.807, 2.05) is 0 Å². The highest BCUT2D eigenvalue weighted by atomic mass is 19.4. The second kappa shape index (κ2) is 5.25. The van der Waals surface area contributed by atoms with Crippen molar-refractivity contribution < 1.29 is 22.9 Å². The Morgan fingerprint density at radius 1 is 1.42 bits per heavy atom. The molecule has 1 amide bonds. The van der Waals surface area contributed by atoms with Gasteiger partial charge in [0.05, 0.1) is 4.92 Å².